The van der Waals surface area contributed by atoms with Gasteiger partial charge in [-0.2, -0.15) is 5.01 Å². The number of rotatable bonds is 6. The van der Waals surface area contributed by atoms with E-state index in [1.165, 1.54) is 0 Å². The number of nitrogens with one attached hydrogen (secondary N) is 1. The maximum atomic E-state index is 12.9. The average Bonchev–Trinajstić information content (AvgIpc) is 3.07. The van der Waals surface area contributed by atoms with Gasteiger partial charge in [-0.05, 0) is 54.2 Å². The van der Waals surface area contributed by atoms with Gasteiger partial charge in [0.25, 0.3) is 11.8 Å². The summed E-state index contributed by atoms with van der Waals surface area (Å²) < 4.78 is 6.17. The van der Waals surface area contributed by atoms with Crippen molar-refractivity contribution in [2.75, 3.05) is 0 Å². The van der Waals surface area contributed by atoms with E-state index in [1.807, 2.05) is 36.4 Å². The molecule has 0 saturated carbocycles. The Morgan fingerprint density at radius 2 is 1.73 bits per heavy atom. The largest absolute Gasteiger partial charge is 0.488 e. The van der Waals surface area contributed by atoms with Crippen LogP contribution in [0, 0.1) is 0 Å². The quantitative estimate of drug-likeness (QED) is 0.317. The molecule has 0 atom stereocenters. The van der Waals surface area contributed by atoms with Crippen molar-refractivity contribution < 1.29 is 14.3 Å². The van der Waals surface area contributed by atoms with Crippen molar-refractivity contribution in [3.63, 3.8) is 0 Å². The molecule has 1 N–H and O–H groups in total. The lowest BCUT2D eigenvalue weighted by Gasteiger charge is -2.16. The standard InChI is InChI=1S/C24H16Cl2N2O3S2/c25-17-11-9-15(10-12-17)14-31-20-8-4-1-5-16(20)13-21-23(30)28(24(32)33-21)27-22(29)18-6-2-3-7-19(18)26/h1-13H,14H2,(H,27,29)/b21-13+. The summed E-state index contributed by atoms with van der Waals surface area (Å²) >= 11 is 18.4. The zero-order chi connectivity index (χ0) is 23.4. The van der Waals surface area contributed by atoms with E-state index >= 15 is 0 Å². The first-order chi connectivity index (χ1) is 15.9. The molecule has 0 bridgehead atoms. The lowest BCUT2D eigenvalue weighted by atomic mass is 10.2. The molecule has 4 rings (SSSR count). The fraction of sp³-hybridized carbons (Fsp3) is 0.0417. The first kappa shape index (κ1) is 23.3. The number of para-hydroxylation sites is 1. The van der Waals surface area contributed by atoms with Crippen LogP contribution < -0.4 is 10.2 Å². The molecule has 1 fully saturated rings. The second-order valence-corrected chi connectivity index (χ2v) is 9.41. The SMILES string of the molecule is O=C(NN1C(=O)/C(=C\c2ccccc2OCc2ccc(Cl)cc2)SC1=S)c1ccccc1Cl. The number of halogens is 2. The molecule has 0 aliphatic carbocycles. The summed E-state index contributed by atoms with van der Waals surface area (Å²) in [5.41, 5.74) is 4.45. The van der Waals surface area contributed by atoms with Crippen molar-refractivity contribution >= 4 is 69.4 Å². The smallest absolute Gasteiger partial charge is 0.285 e. The van der Waals surface area contributed by atoms with Crippen LogP contribution in [0.25, 0.3) is 6.08 Å². The van der Waals surface area contributed by atoms with Gasteiger partial charge in [-0.3, -0.25) is 15.0 Å². The zero-order valence-corrected chi connectivity index (χ0v) is 20.1. The third kappa shape index (κ3) is 5.57. The van der Waals surface area contributed by atoms with Gasteiger partial charge in [-0.1, -0.05) is 77.4 Å². The Morgan fingerprint density at radius 1 is 1.03 bits per heavy atom. The first-order valence-corrected chi connectivity index (χ1v) is 11.7. The molecule has 0 spiro atoms. The summed E-state index contributed by atoms with van der Waals surface area (Å²) in [5, 5.41) is 1.99. The van der Waals surface area contributed by atoms with E-state index < -0.39 is 11.8 Å². The number of carbonyl (C=O) groups is 2. The normalized spacial score (nSPS) is 14.6. The molecule has 166 valence electrons. The van der Waals surface area contributed by atoms with Gasteiger partial charge in [0.1, 0.15) is 12.4 Å². The van der Waals surface area contributed by atoms with Crippen molar-refractivity contribution in [3.8, 4) is 5.75 Å². The highest BCUT2D eigenvalue weighted by Crippen LogP contribution is 2.33. The fourth-order valence-electron chi connectivity index (χ4n) is 2.99. The maximum Gasteiger partial charge on any atom is 0.285 e. The van der Waals surface area contributed by atoms with Crippen molar-refractivity contribution in [2.45, 2.75) is 6.61 Å². The van der Waals surface area contributed by atoms with Gasteiger partial charge >= 0.3 is 0 Å². The van der Waals surface area contributed by atoms with Crippen LogP contribution in [-0.4, -0.2) is 21.1 Å². The van der Waals surface area contributed by atoms with Gasteiger partial charge in [0, 0.05) is 10.6 Å². The number of thioether (sulfide) groups is 1. The Labute approximate surface area is 210 Å². The summed E-state index contributed by atoms with van der Waals surface area (Å²) in [6.45, 7) is 0.344. The molecular formula is C24H16Cl2N2O3S2. The second kappa shape index (κ2) is 10.4. The van der Waals surface area contributed by atoms with Crippen LogP contribution in [0.2, 0.25) is 10.0 Å². The van der Waals surface area contributed by atoms with Gasteiger partial charge in [-0.25, -0.2) is 0 Å². The molecule has 5 nitrogen and oxygen atoms in total. The van der Waals surface area contributed by atoms with Crippen molar-refractivity contribution in [3.05, 3.63) is 104 Å². The average molecular weight is 515 g/mol. The van der Waals surface area contributed by atoms with Crippen LogP contribution in [0.1, 0.15) is 21.5 Å². The summed E-state index contributed by atoms with van der Waals surface area (Å²) in [6, 6.07) is 21.3. The Balaban J connectivity index is 1.50. The van der Waals surface area contributed by atoms with Crippen LogP contribution in [0.15, 0.2) is 77.7 Å². The van der Waals surface area contributed by atoms with Gasteiger partial charge in [0.15, 0.2) is 4.32 Å². The van der Waals surface area contributed by atoms with Gasteiger partial charge in [0.05, 0.1) is 15.5 Å². The molecule has 1 saturated heterocycles. The van der Waals surface area contributed by atoms with E-state index in [2.05, 4.69) is 5.43 Å². The molecule has 3 aromatic carbocycles. The predicted molar refractivity (Wildman–Crippen MR) is 136 cm³/mol. The number of hydrazine groups is 1. The Kier molecular flexibility index (Phi) is 7.35. The molecule has 1 aliphatic rings. The number of hydrogen-bond acceptors (Lipinski definition) is 5. The van der Waals surface area contributed by atoms with E-state index in [0.717, 1.165) is 22.3 Å². The highest BCUT2D eigenvalue weighted by molar-refractivity contribution is 8.26. The molecule has 1 aliphatic heterocycles. The van der Waals surface area contributed by atoms with Crippen LogP contribution in [0.4, 0.5) is 0 Å². The third-order valence-corrected chi connectivity index (χ3v) is 6.52. The molecule has 0 aromatic heterocycles. The lowest BCUT2D eigenvalue weighted by Crippen LogP contribution is -2.44. The highest BCUT2D eigenvalue weighted by atomic mass is 35.5. The minimum atomic E-state index is -0.523. The monoisotopic (exact) mass is 514 g/mol. The summed E-state index contributed by atoms with van der Waals surface area (Å²) in [7, 11) is 0. The number of thiocarbonyl (C=S) groups is 1. The number of ether oxygens (including phenoxy) is 1. The van der Waals surface area contributed by atoms with Crippen LogP contribution in [-0.2, 0) is 11.4 Å². The lowest BCUT2D eigenvalue weighted by molar-refractivity contribution is -0.123. The minimum absolute atomic E-state index is 0.214. The Hall–Kier alpha value is -2.84. The molecule has 0 radical (unpaired) electrons. The van der Waals surface area contributed by atoms with E-state index in [9.17, 15) is 9.59 Å². The maximum absolute atomic E-state index is 12.9. The molecule has 0 unspecified atom stereocenters. The minimum Gasteiger partial charge on any atom is -0.488 e. The topological polar surface area (TPSA) is 58.6 Å². The number of amides is 2. The van der Waals surface area contributed by atoms with E-state index in [-0.39, 0.29) is 14.9 Å². The van der Waals surface area contributed by atoms with Crippen molar-refractivity contribution in [1.29, 1.82) is 0 Å². The molecular weight excluding hydrogens is 499 g/mol. The van der Waals surface area contributed by atoms with Crippen molar-refractivity contribution in [1.82, 2.24) is 10.4 Å². The Morgan fingerprint density at radius 3 is 2.48 bits per heavy atom. The van der Waals surface area contributed by atoms with Gasteiger partial charge < -0.3 is 4.74 Å². The molecule has 2 amide bonds. The zero-order valence-electron chi connectivity index (χ0n) is 17.0. The highest BCUT2D eigenvalue weighted by Gasteiger charge is 2.34. The Bertz CT molecular complexity index is 1260. The van der Waals surface area contributed by atoms with Crippen LogP contribution in [0.5, 0.6) is 5.75 Å². The van der Waals surface area contributed by atoms with E-state index in [0.29, 0.717) is 27.8 Å². The van der Waals surface area contributed by atoms with E-state index in [1.54, 1.807) is 42.5 Å². The van der Waals surface area contributed by atoms with Crippen LogP contribution in [0.3, 0.4) is 0 Å². The summed E-state index contributed by atoms with van der Waals surface area (Å²) in [6.07, 6.45) is 1.69. The summed E-state index contributed by atoms with van der Waals surface area (Å²) in [5.74, 6) is -0.347. The molecule has 33 heavy (non-hydrogen) atoms. The van der Waals surface area contributed by atoms with Crippen molar-refractivity contribution in [2.24, 2.45) is 0 Å². The fourth-order valence-corrected chi connectivity index (χ4v) is 4.50. The van der Waals surface area contributed by atoms with Crippen LogP contribution >= 0.6 is 47.2 Å². The third-order valence-electron chi connectivity index (χ3n) is 4.64. The number of hydrogen-bond donors (Lipinski definition) is 1. The molecule has 3 aromatic rings. The second-order valence-electron chi connectivity index (χ2n) is 6.89. The number of carbonyl (C=O) groups excluding carboxylic acids is 2. The van der Waals surface area contributed by atoms with E-state index in [4.69, 9.17) is 40.2 Å². The first-order valence-electron chi connectivity index (χ1n) is 9.72. The molecule has 9 heteroatoms. The molecule has 1 heterocycles. The predicted octanol–water partition coefficient (Wildman–Crippen LogP) is 6.12. The van der Waals surface area contributed by atoms with Gasteiger partial charge in [-0.15, -0.1) is 0 Å². The summed E-state index contributed by atoms with van der Waals surface area (Å²) in [4.78, 5) is 25.9. The van der Waals surface area contributed by atoms with Gasteiger partial charge in [0.2, 0.25) is 0 Å². The number of nitrogens with zero attached hydrogens (tertiary/aromatic N) is 1. The number of benzene rings is 3.